The van der Waals surface area contributed by atoms with Crippen LogP contribution in [0.25, 0.3) is 0 Å². The minimum Gasteiger partial charge on any atom is -0.354 e. The molecule has 30 heavy (non-hydrogen) atoms. The smallest absolute Gasteiger partial charge is 0.255 e. The molecule has 3 rings (SSSR count). The van der Waals surface area contributed by atoms with E-state index >= 15 is 0 Å². The molecule has 0 bridgehead atoms. The Morgan fingerprint density at radius 3 is 2.17 bits per heavy atom. The predicted octanol–water partition coefficient (Wildman–Crippen LogP) is 2.16. The van der Waals surface area contributed by atoms with E-state index in [1.807, 2.05) is 12.1 Å². The van der Waals surface area contributed by atoms with E-state index in [0.717, 1.165) is 32.0 Å². The molecule has 0 unspecified atom stereocenters. The number of nitrogens with one attached hydrogen (secondary N) is 2. The van der Waals surface area contributed by atoms with Crippen LogP contribution >= 0.6 is 0 Å². The zero-order chi connectivity index (χ0) is 21.9. The normalized spacial score (nSPS) is 15.8. The third-order valence-electron chi connectivity index (χ3n) is 4.70. The minimum atomic E-state index is -3.64. The molecule has 1 aromatic heterocycles. The second-order valence-corrected chi connectivity index (χ2v) is 10.2. The van der Waals surface area contributed by atoms with Crippen LogP contribution in [0.2, 0.25) is 0 Å². The number of aromatic nitrogens is 1. The molecule has 1 aromatic carbocycles. The van der Waals surface area contributed by atoms with Gasteiger partial charge in [0, 0.05) is 37.3 Å². The Kier molecular flexibility index (Phi) is 6.44. The van der Waals surface area contributed by atoms with Gasteiger partial charge < -0.3 is 15.1 Å². The summed E-state index contributed by atoms with van der Waals surface area (Å²) in [6, 6.07) is 9.58. The number of carbonyl (C=O) groups is 1. The summed E-state index contributed by atoms with van der Waals surface area (Å²) in [4.78, 5) is 21.6. The summed E-state index contributed by atoms with van der Waals surface area (Å²) in [5.74, 6) is 0.568. The second kappa shape index (κ2) is 8.71. The van der Waals surface area contributed by atoms with Crippen LogP contribution in [-0.2, 0) is 10.0 Å². The third-order valence-corrected chi connectivity index (χ3v) is 6.47. The lowest BCUT2D eigenvalue weighted by molar-refractivity contribution is 0.102. The van der Waals surface area contributed by atoms with Gasteiger partial charge >= 0.3 is 0 Å². The molecule has 0 aliphatic carbocycles. The first-order chi connectivity index (χ1) is 14.0. The summed E-state index contributed by atoms with van der Waals surface area (Å²) < 4.78 is 27.3. The Balaban J connectivity index is 1.63. The molecule has 0 atom stereocenters. The maximum Gasteiger partial charge on any atom is 0.255 e. The van der Waals surface area contributed by atoms with Gasteiger partial charge in [0.15, 0.2) is 0 Å². The van der Waals surface area contributed by atoms with Crippen LogP contribution in [0.3, 0.4) is 0 Å². The third kappa shape index (κ3) is 5.78. The average Bonchev–Trinajstić information content (AvgIpc) is 2.67. The molecule has 1 aliphatic heterocycles. The molecule has 2 heterocycles. The predicted molar refractivity (Wildman–Crippen MR) is 118 cm³/mol. The van der Waals surface area contributed by atoms with E-state index in [0.29, 0.717) is 11.3 Å². The average molecular weight is 432 g/mol. The Bertz CT molecular complexity index is 975. The fourth-order valence-corrected chi connectivity index (χ4v) is 4.55. The van der Waals surface area contributed by atoms with Gasteiger partial charge in [0.25, 0.3) is 5.91 Å². The number of hydrogen-bond donors (Lipinski definition) is 2. The molecule has 1 fully saturated rings. The zero-order valence-electron chi connectivity index (χ0n) is 17.8. The molecule has 2 aromatic rings. The van der Waals surface area contributed by atoms with Gasteiger partial charge in [0.05, 0.1) is 16.8 Å². The highest BCUT2D eigenvalue weighted by Gasteiger charge is 2.22. The minimum absolute atomic E-state index is 0.118. The maximum atomic E-state index is 12.5. The number of benzene rings is 1. The number of hydrogen-bond acceptors (Lipinski definition) is 6. The number of amides is 1. The number of nitrogens with zero attached hydrogens (tertiary/aromatic N) is 3. The van der Waals surface area contributed by atoms with Gasteiger partial charge in [-0.2, -0.15) is 0 Å². The molecule has 1 saturated heterocycles. The van der Waals surface area contributed by atoms with E-state index in [9.17, 15) is 13.2 Å². The molecule has 9 heteroatoms. The maximum absolute atomic E-state index is 12.5. The van der Waals surface area contributed by atoms with Gasteiger partial charge in [-0.05, 0) is 64.2 Å². The highest BCUT2D eigenvalue weighted by Crippen LogP contribution is 2.18. The summed E-state index contributed by atoms with van der Waals surface area (Å²) in [6.07, 6.45) is 1.64. The van der Waals surface area contributed by atoms with Gasteiger partial charge in [0.1, 0.15) is 5.82 Å². The van der Waals surface area contributed by atoms with Crippen molar-refractivity contribution in [1.82, 2.24) is 14.6 Å². The number of anilines is 2. The first-order valence-electron chi connectivity index (χ1n) is 9.88. The van der Waals surface area contributed by atoms with Gasteiger partial charge in [0.2, 0.25) is 10.0 Å². The van der Waals surface area contributed by atoms with Crippen molar-refractivity contribution in [2.75, 3.05) is 43.4 Å². The van der Waals surface area contributed by atoms with Crippen molar-refractivity contribution >= 4 is 27.4 Å². The van der Waals surface area contributed by atoms with Crippen LogP contribution in [0, 0.1) is 0 Å². The van der Waals surface area contributed by atoms with Gasteiger partial charge in [-0.25, -0.2) is 18.1 Å². The lowest BCUT2D eigenvalue weighted by Crippen LogP contribution is -2.44. The molecular weight excluding hydrogens is 402 g/mol. The number of carbonyl (C=O) groups excluding carboxylic acids is 1. The zero-order valence-corrected chi connectivity index (χ0v) is 18.7. The molecular formula is C21H29N5O3S. The van der Waals surface area contributed by atoms with Crippen molar-refractivity contribution in [3.05, 3.63) is 48.2 Å². The molecule has 162 valence electrons. The van der Waals surface area contributed by atoms with Gasteiger partial charge in [-0.3, -0.25) is 4.79 Å². The Hall–Kier alpha value is -2.49. The highest BCUT2D eigenvalue weighted by molar-refractivity contribution is 7.89. The van der Waals surface area contributed by atoms with E-state index in [1.54, 1.807) is 27.0 Å². The van der Waals surface area contributed by atoms with Crippen LogP contribution < -0.4 is 14.9 Å². The number of sulfonamides is 1. The van der Waals surface area contributed by atoms with Crippen LogP contribution in [0.1, 0.15) is 31.1 Å². The molecule has 0 spiro atoms. The number of piperazine rings is 1. The summed E-state index contributed by atoms with van der Waals surface area (Å²) in [6.45, 7) is 9.16. The van der Waals surface area contributed by atoms with Crippen LogP contribution in [0.15, 0.2) is 47.5 Å². The van der Waals surface area contributed by atoms with E-state index < -0.39 is 15.6 Å². The number of rotatable bonds is 5. The summed E-state index contributed by atoms with van der Waals surface area (Å²) in [5.41, 5.74) is 0.370. The van der Waals surface area contributed by atoms with Crippen LogP contribution in [0.5, 0.6) is 0 Å². The first-order valence-corrected chi connectivity index (χ1v) is 11.4. The second-order valence-electron chi connectivity index (χ2n) is 8.53. The Morgan fingerprint density at radius 2 is 1.63 bits per heavy atom. The lowest BCUT2D eigenvalue weighted by Gasteiger charge is -2.33. The Labute approximate surface area is 178 Å². The lowest BCUT2D eigenvalue weighted by atomic mass is 10.1. The monoisotopic (exact) mass is 431 g/mol. The fourth-order valence-electron chi connectivity index (χ4n) is 3.13. The van der Waals surface area contributed by atoms with Gasteiger partial charge in [-0.1, -0.05) is 0 Å². The molecule has 0 saturated carbocycles. The van der Waals surface area contributed by atoms with Crippen molar-refractivity contribution in [1.29, 1.82) is 0 Å². The molecule has 1 amide bonds. The Morgan fingerprint density at radius 1 is 1.00 bits per heavy atom. The van der Waals surface area contributed by atoms with Gasteiger partial charge in [-0.15, -0.1) is 0 Å². The molecule has 0 radical (unpaired) electrons. The van der Waals surface area contributed by atoms with E-state index in [1.165, 1.54) is 24.3 Å². The highest BCUT2D eigenvalue weighted by atomic mass is 32.2. The first kappa shape index (κ1) is 22.2. The number of likely N-dealkylation sites (N-methyl/N-ethyl adjacent to an activating group) is 1. The summed E-state index contributed by atoms with van der Waals surface area (Å²) in [5, 5.41) is 2.80. The topological polar surface area (TPSA) is 94.6 Å². The molecule has 2 N–H and O–H groups in total. The van der Waals surface area contributed by atoms with Crippen LogP contribution in [-0.4, -0.2) is 63.0 Å². The van der Waals surface area contributed by atoms with Crippen molar-refractivity contribution in [2.24, 2.45) is 0 Å². The van der Waals surface area contributed by atoms with E-state index in [4.69, 9.17) is 0 Å². The summed E-state index contributed by atoms with van der Waals surface area (Å²) >= 11 is 0. The fraction of sp³-hybridized carbons (Fsp3) is 0.429. The standard InChI is InChI=1S/C21H29N5O3S/c1-21(2,3)24-30(28,29)18-8-5-16(6-9-18)20(27)23-17-7-10-19(22-15-17)26-13-11-25(4)12-14-26/h5-10,15,24H,11-14H2,1-4H3,(H,23,27). The van der Waals surface area contributed by atoms with E-state index in [-0.39, 0.29) is 10.8 Å². The SMILES string of the molecule is CN1CCN(c2ccc(NC(=O)c3ccc(S(=O)(=O)NC(C)(C)C)cc3)cn2)CC1. The number of pyridine rings is 1. The summed E-state index contributed by atoms with van der Waals surface area (Å²) in [7, 11) is -1.53. The molecule has 1 aliphatic rings. The van der Waals surface area contributed by atoms with Crippen molar-refractivity contribution in [2.45, 2.75) is 31.2 Å². The largest absolute Gasteiger partial charge is 0.354 e. The van der Waals surface area contributed by atoms with Crippen LogP contribution in [0.4, 0.5) is 11.5 Å². The van der Waals surface area contributed by atoms with E-state index in [2.05, 4.69) is 31.9 Å². The quantitative estimate of drug-likeness (QED) is 0.753. The van der Waals surface area contributed by atoms with Crippen molar-refractivity contribution < 1.29 is 13.2 Å². The van der Waals surface area contributed by atoms with Crippen molar-refractivity contribution in [3.63, 3.8) is 0 Å². The van der Waals surface area contributed by atoms with Crippen molar-refractivity contribution in [3.8, 4) is 0 Å². The molecule has 8 nitrogen and oxygen atoms in total.